The minimum atomic E-state index is -0.319. The molecule has 1 aromatic carbocycles. The van der Waals surface area contributed by atoms with E-state index in [0.29, 0.717) is 34.9 Å². The van der Waals surface area contributed by atoms with Gasteiger partial charge in [0, 0.05) is 17.8 Å². The second kappa shape index (κ2) is 9.39. The molecule has 3 rings (SSSR count). The number of anilines is 2. The van der Waals surface area contributed by atoms with Crippen molar-refractivity contribution in [2.75, 3.05) is 24.9 Å². The number of benzene rings is 1. The van der Waals surface area contributed by atoms with Crippen LogP contribution in [0.3, 0.4) is 0 Å². The summed E-state index contributed by atoms with van der Waals surface area (Å²) in [6.07, 6.45) is 7.21. The maximum Gasteiger partial charge on any atom is 0.274 e. The van der Waals surface area contributed by atoms with Gasteiger partial charge in [0.25, 0.3) is 5.91 Å². The first kappa shape index (κ1) is 19.9. The summed E-state index contributed by atoms with van der Waals surface area (Å²) < 4.78 is 10.6. The van der Waals surface area contributed by atoms with Gasteiger partial charge < -0.3 is 20.1 Å². The van der Waals surface area contributed by atoms with E-state index in [2.05, 4.69) is 20.6 Å². The van der Waals surface area contributed by atoms with Gasteiger partial charge in [-0.25, -0.2) is 9.97 Å². The Balaban J connectivity index is 1.77. The zero-order valence-corrected chi connectivity index (χ0v) is 16.7. The van der Waals surface area contributed by atoms with Crippen LogP contribution < -0.4 is 20.1 Å². The third-order valence-electron chi connectivity index (χ3n) is 4.93. The second-order valence-electron chi connectivity index (χ2n) is 7.07. The lowest BCUT2D eigenvalue weighted by atomic mass is 10.1. The van der Waals surface area contributed by atoms with Gasteiger partial charge in [-0.3, -0.25) is 4.79 Å². The molecule has 0 radical (unpaired) electrons. The zero-order chi connectivity index (χ0) is 19.9. The first-order chi connectivity index (χ1) is 13.6. The molecule has 0 aliphatic heterocycles. The largest absolute Gasteiger partial charge is 0.497 e. The number of carbonyl (C=O) groups excluding carboxylic acids is 1. The molecule has 28 heavy (non-hydrogen) atoms. The van der Waals surface area contributed by atoms with Crippen LogP contribution in [0.15, 0.2) is 24.3 Å². The van der Waals surface area contributed by atoms with Crippen molar-refractivity contribution in [1.29, 1.82) is 0 Å². The Morgan fingerprint density at radius 1 is 1.04 bits per heavy atom. The van der Waals surface area contributed by atoms with Gasteiger partial charge in [-0.15, -0.1) is 0 Å². The fourth-order valence-corrected chi connectivity index (χ4v) is 3.45. The molecule has 1 aromatic heterocycles. The molecule has 7 heteroatoms. The molecule has 0 saturated heterocycles. The fourth-order valence-electron chi connectivity index (χ4n) is 3.45. The van der Waals surface area contributed by atoms with Crippen LogP contribution in [0, 0.1) is 6.92 Å². The molecule has 1 aliphatic rings. The Kier molecular flexibility index (Phi) is 6.68. The first-order valence-corrected chi connectivity index (χ1v) is 9.74. The van der Waals surface area contributed by atoms with Crippen LogP contribution in [0.5, 0.6) is 11.5 Å². The number of hydrogen-bond acceptors (Lipinski definition) is 6. The molecule has 1 fully saturated rings. The van der Waals surface area contributed by atoms with Crippen LogP contribution in [0.25, 0.3) is 0 Å². The van der Waals surface area contributed by atoms with Crippen molar-refractivity contribution in [1.82, 2.24) is 9.97 Å². The molecular weight excluding hydrogens is 356 g/mol. The molecule has 1 amide bonds. The lowest BCUT2D eigenvalue weighted by Gasteiger charge is -2.17. The number of rotatable bonds is 6. The predicted octanol–water partition coefficient (Wildman–Crippen LogP) is 4.19. The van der Waals surface area contributed by atoms with E-state index in [9.17, 15) is 4.79 Å². The first-order valence-electron chi connectivity index (χ1n) is 9.74. The highest BCUT2D eigenvalue weighted by molar-refractivity contribution is 6.04. The molecule has 0 unspecified atom stereocenters. The van der Waals surface area contributed by atoms with Crippen LogP contribution in [0.2, 0.25) is 0 Å². The van der Waals surface area contributed by atoms with E-state index in [-0.39, 0.29) is 5.91 Å². The van der Waals surface area contributed by atoms with E-state index >= 15 is 0 Å². The molecular formula is C21H28N4O3. The minimum Gasteiger partial charge on any atom is -0.497 e. The van der Waals surface area contributed by atoms with Crippen LogP contribution in [0.4, 0.5) is 11.6 Å². The van der Waals surface area contributed by atoms with Gasteiger partial charge in [-0.05, 0) is 38.0 Å². The number of ether oxygens (including phenoxy) is 2. The third-order valence-corrected chi connectivity index (χ3v) is 4.93. The van der Waals surface area contributed by atoms with Gasteiger partial charge >= 0.3 is 0 Å². The summed E-state index contributed by atoms with van der Waals surface area (Å²) >= 11 is 0. The lowest BCUT2D eigenvalue weighted by molar-refractivity contribution is 0.102. The molecule has 0 atom stereocenters. The number of hydrogen-bond donors (Lipinski definition) is 2. The molecule has 7 nitrogen and oxygen atoms in total. The van der Waals surface area contributed by atoms with E-state index in [1.165, 1.54) is 25.7 Å². The van der Waals surface area contributed by atoms with Gasteiger partial charge in [0.1, 0.15) is 17.2 Å². The summed E-state index contributed by atoms with van der Waals surface area (Å²) in [5.74, 6) is 1.37. The predicted molar refractivity (Wildman–Crippen MR) is 109 cm³/mol. The molecule has 2 aromatic rings. The standard InChI is InChI=1S/C21H28N4O3/c1-14-12-18(25-21(22-14)23-15-8-6-4-5-7-9-15)20(26)24-17-13-16(27-2)10-11-19(17)28-3/h10-13,15H,4-9H2,1-3H3,(H,24,26)(H,22,23,25). The van der Waals surface area contributed by atoms with E-state index < -0.39 is 0 Å². The van der Waals surface area contributed by atoms with E-state index in [1.54, 1.807) is 38.5 Å². The summed E-state index contributed by atoms with van der Waals surface area (Å²) in [4.78, 5) is 21.7. The maximum absolute atomic E-state index is 12.8. The highest BCUT2D eigenvalue weighted by Crippen LogP contribution is 2.29. The second-order valence-corrected chi connectivity index (χ2v) is 7.07. The highest BCUT2D eigenvalue weighted by Gasteiger charge is 2.17. The van der Waals surface area contributed by atoms with Crippen LogP contribution >= 0.6 is 0 Å². The molecule has 150 valence electrons. The Bertz CT molecular complexity index is 817. The maximum atomic E-state index is 12.8. The van der Waals surface area contributed by atoms with Crippen LogP contribution in [0.1, 0.15) is 54.7 Å². The lowest BCUT2D eigenvalue weighted by Crippen LogP contribution is -2.22. The van der Waals surface area contributed by atoms with Gasteiger partial charge in [-0.1, -0.05) is 25.7 Å². The van der Waals surface area contributed by atoms with Crippen molar-refractivity contribution < 1.29 is 14.3 Å². The van der Waals surface area contributed by atoms with Gasteiger partial charge in [0.05, 0.1) is 19.9 Å². The Morgan fingerprint density at radius 2 is 1.79 bits per heavy atom. The quantitative estimate of drug-likeness (QED) is 0.727. The van der Waals surface area contributed by atoms with Crippen LogP contribution in [-0.4, -0.2) is 36.1 Å². The topological polar surface area (TPSA) is 85.4 Å². The molecule has 0 bridgehead atoms. The SMILES string of the molecule is COc1ccc(OC)c(NC(=O)c2cc(C)nc(NC3CCCCCC3)n2)c1. The van der Waals surface area contributed by atoms with Crippen molar-refractivity contribution in [2.24, 2.45) is 0 Å². The summed E-state index contributed by atoms with van der Waals surface area (Å²) in [6, 6.07) is 7.28. The summed E-state index contributed by atoms with van der Waals surface area (Å²) in [7, 11) is 3.13. The molecule has 0 spiro atoms. The smallest absolute Gasteiger partial charge is 0.274 e. The Labute approximate surface area is 165 Å². The van der Waals surface area contributed by atoms with Crippen molar-refractivity contribution in [3.8, 4) is 11.5 Å². The minimum absolute atomic E-state index is 0.313. The number of carbonyl (C=O) groups is 1. The monoisotopic (exact) mass is 384 g/mol. The summed E-state index contributed by atoms with van der Waals surface area (Å²) in [5.41, 5.74) is 1.59. The number of aromatic nitrogens is 2. The number of nitrogens with zero attached hydrogens (tertiary/aromatic N) is 2. The number of methoxy groups -OCH3 is 2. The molecule has 1 saturated carbocycles. The van der Waals surface area contributed by atoms with Crippen molar-refractivity contribution in [3.63, 3.8) is 0 Å². The third kappa shape index (κ3) is 5.12. The zero-order valence-electron chi connectivity index (χ0n) is 16.7. The summed E-state index contributed by atoms with van der Waals surface area (Å²) in [6.45, 7) is 1.86. The van der Waals surface area contributed by atoms with E-state index in [1.807, 2.05) is 6.92 Å². The average molecular weight is 384 g/mol. The Hall–Kier alpha value is -2.83. The highest BCUT2D eigenvalue weighted by atomic mass is 16.5. The summed E-state index contributed by atoms with van der Waals surface area (Å²) in [5, 5.41) is 6.27. The van der Waals surface area contributed by atoms with E-state index in [4.69, 9.17) is 9.47 Å². The fraction of sp³-hybridized carbons (Fsp3) is 0.476. The van der Waals surface area contributed by atoms with E-state index in [0.717, 1.165) is 18.5 Å². The van der Waals surface area contributed by atoms with Crippen molar-refractivity contribution >= 4 is 17.5 Å². The van der Waals surface area contributed by atoms with Crippen LogP contribution in [-0.2, 0) is 0 Å². The Morgan fingerprint density at radius 3 is 2.46 bits per heavy atom. The normalized spacial score (nSPS) is 14.8. The van der Waals surface area contributed by atoms with Crippen molar-refractivity contribution in [3.05, 3.63) is 35.7 Å². The van der Waals surface area contributed by atoms with Gasteiger partial charge in [0.15, 0.2) is 0 Å². The van der Waals surface area contributed by atoms with Gasteiger partial charge in [0.2, 0.25) is 5.95 Å². The molecule has 1 aliphatic carbocycles. The average Bonchev–Trinajstić information content (AvgIpc) is 2.96. The molecule has 1 heterocycles. The number of nitrogens with one attached hydrogen (secondary N) is 2. The number of aryl methyl sites for hydroxylation is 1. The van der Waals surface area contributed by atoms with Crippen molar-refractivity contribution in [2.45, 2.75) is 51.5 Å². The number of amides is 1. The van der Waals surface area contributed by atoms with Gasteiger partial charge in [-0.2, -0.15) is 0 Å². The molecule has 2 N–H and O–H groups in total.